The van der Waals surface area contributed by atoms with Crippen molar-refractivity contribution in [3.8, 4) is 11.5 Å². The van der Waals surface area contributed by atoms with Gasteiger partial charge in [0.25, 0.3) is 5.91 Å². The number of nitrogens with two attached hydrogens (primary N) is 1. The van der Waals surface area contributed by atoms with Gasteiger partial charge in [0.1, 0.15) is 5.75 Å². The highest BCUT2D eigenvalue weighted by Crippen LogP contribution is 2.32. The van der Waals surface area contributed by atoms with E-state index >= 15 is 0 Å². The van der Waals surface area contributed by atoms with Crippen LogP contribution in [0.4, 0.5) is 4.39 Å². The smallest absolute Gasteiger partial charge is 0.308 e. The lowest BCUT2D eigenvalue weighted by molar-refractivity contribution is -0.147. The molecule has 1 aromatic rings. The standard InChI is InChI=1S/C16H20FNO5/c1-21-13-8-12(17)14(7-11(13)15(18)19)23-10-5-3-9(4-6-10)16(20)22-2/h7-10H,3-6H2,1-2H3,(H2,18,19). The van der Waals surface area contributed by atoms with E-state index in [0.717, 1.165) is 6.07 Å². The fraction of sp³-hybridized carbons (Fsp3) is 0.500. The third kappa shape index (κ3) is 3.91. The molecule has 0 bridgehead atoms. The molecule has 23 heavy (non-hydrogen) atoms. The highest BCUT2D eigenvalue weighted by atomic mass is 19.1. The quantitative estimate of drug-likeness (QED) is 0.837. The molecule has 0 aromatic heterocycles. The van der Waals surface area contributed by atoms with Crippen molar-refractivity contribution < 1.29 is 28.2 Å². The number of carbonyl (C=O) groups excluding carboxylic acids is 2. The van der Waals surface area contributed by atoms with Gasteiger partial charge in [-0.15, -0.1) is 0 Å². The summed E-state index contributed by atoms with van der Waals surface area (Å²) in [4.78, 5) is 22.9. The van der Waals surface area contributed by atoms with Crippen LogP contribution < -0.4 is 15.2 Å². The molecule has 1 amide bonds. The summed E-state index contributed by atoms with van der Waals surface area (Å²) in [6.07, 6.45) is 2.24. The highest BCUT2D eigenvalue weighted by molar-refractivity contribution is 5.96. The summed E-state index contributed by atoms with van der Waals surface area (Å²) in [7, 11) is 2.69. The van der Waals surface area contributed by atoms with Gasteiger partial charge in [0.05, 0.1) is 31.8 Å². The summed E-state index contributed by atoms with van der Waals surface area (Å²) >= 11 is 0. The Kier molecular flexibility index (Phi) is 5.41. The van der Waals surface area contributed by atoms with E-state index in [1.807, 2.05) is 0 Å². The van der Waals surface area contributed by atoms with E-state index in [1.54, 1.807) is 0 Å². The van der Waals surface area contributed by atoms with Crippen LogP contribution in [0, 0.1) is 11.7 Å². The molecule has 1 aromatic carbocycles. The molecule has 0 radical (unpaired) electrons. The van der Waals surface area contributed by atoms with Crippen molar-refractivity contribution in [1.82, 2.24) is 0 Å². The molecule has 1 aliphatic carbocycles. The Morgan fingerprint density at radius 1 is 1.13 bits per heavy atom. The molecule has 2 N–H and O–H groups in total. The number of primary amides is 1. The van der Waals surface area contributed by atoms with E-state index in [9.17, 15) is 14.0 Å². The molecule has 0 unspecified atom stereocenters. The average molecular weight is 325 g/mol. The molecule has 1 saturated carbocycles. The number of amides is 1. The first-order valence-corrected chi connectivity index (χ1v) is 7.38. The number of halogens is 1. The molecular formula is C16H20FNO5. The Morgan fingerprint density at radius 2 is 1.78 bits per heavy atom. The van der Waals surface area contributed by atoms with Gasteiger partial charge in [-0.05, 0) is 31.7 Å². The Hall–Kier alpha value is -2.31. The van der Waals surface area contributed by atoms with E-state index in [4.69, 9.17) is 19.9 Å². The fourth-order valence-electron chi connectivity index (χ4n) is 2.75. The molecule has 1 fully saturated rings. The zero-order valence-electron chi connectivity index (χ0n) is 13.1. The molecule has 0 saturated heterocycles. The van der Waals surface area contributed by atoms with E-state index in [2.05, 4.69) is 0 Å². The summed E-state index contributed by atoms with van der Waals surface area (Å²) in [5.41, 5.74) is 5.32. The minimum absolute atomic E-state index is 0.0406. The lowest BCUT2D eigenvalue weighted by Crippen LogP contribution is -2.29. The largest absolute Gasteiger partial charge is 0.496 e. The van der Waals surface area contributed by atoms with Crippen LogP contribution in [0.3, 0.4) is 0 Å². The van der Waals surface area contributed by atoms with Crippen molar-refractivity contribution in [1.29, 1.82) is 0 Å². The number of ether oxygens (including phenoxy) is 3. The van der Waals surface area contributed by atoms with Crippen molar-refractivity contribution in [3.63, 3.8) is 0 Å². The van der Waals surface area contributed by atoms with Crippen LogP contribution in [0.2, 0.25) is 0 Å². The number of rotatable bonds is 5. The molecule has 2 rings (SSSR count). The number of benzene rings is 1. The van der Waals surface area contributed by atoms with Crippen LogP contribution in [0.15, 0.2) is 12.1 Å². The van der Waals surface area contributed by atoms with Crippen molar-refractivity contribution >= 4 is 11.9 Å². The van der Waals surface area contributed by atoms with Crippen molar-refractivity contribution in [2.45, 2.75) is 31.8 Å². The molecule has 7 heteroatoms. The normalized spacial score (nSPS) is 20.7. The maximum atomic E-state index is 14.1. The van der Waals surface area contributed by atoms with Gasteiger partial charge in [0.15, 0.2) is 11.6 Å². The monoisotopic (exact) mass is 325 g/mol. The van der Waals surface area contributed by atoms with Crippen molar-refractivity contribution in [2.75, 3.05) is 14.2 Å². The number of esters is 1. The Bertz CT molecular complexity index is 596. The maximum absolute atomic E-state index is 14.1. The van der Waals surface area contributed by atoms with Gasteiger partial charge >= 0.3 is 5.97 Å². The second kappa shape index (κ2) is 7.30. The minimum atomic E-state index is -0.721. The number of hydrogen-bond acceptors (Lipinski definition) is 5. The minimum Gasteiger partial charge on any atom is -0.496 e. The molecule has 0 heterocycles. The second-order valence-corrected chi connectivity index (χ2v) is 5.46. The predicted octanol–water partition coefficient (Wildman–Crippen LogP) is 2.04. The maximum Gasteiger partial charge on any atom is 0.308 e. The van der Waals surface area contributed by atoms with Crippen molar-refractivity contribution in [2.24, 2.45) is 11.7 Å². The SMILES string of the molecule is COC(=O)C1CCC(Oc2cc(C(N)=O)c(OC)cc2F)CC1. The first kappa shape index (κ1) is 17.1. The summed E-state index contributed by atoms with van der Waals surface area (Å²) < 4.78 is 29.4. The van der Waals surface area contributed by atoms with Gasteiger partial charge in [-0.25, -0.2) is 4.39 Å². The molecule has 0 aliphatic heterocycles. The van der Waals surface area contributed by atoms with Gasteiger partial charge in [0.2, 0.25) is 0 Å². The third-order valence-corrected chi connectivity index (χ3v) is 4.02. The predicted molar refractivity (Wildman–Crippen MR) is 79.9 cm³/mol. The van der Waals surface area contributed by atoms with Crippen LogP contribution in [0.5, 0.6) is 11.5 Å². The second-order valence-electron chi connectivity index (χ2n) is 5.46. The Morgan fingerprint density at radius 3 is 2.30 bits per heavy atom. The number of carbonyl (C=O) groups is 2. The Labute approximate surface area is 133 Å². The van der Waals surface area contributed by atoms with Crippen LogP contribution in [0.25, 0.3) is 0 Å². The van der Waals surface area contributed by atoms with Crippen LogP contribution >= 0.6 is 0 Å². The highest BCUT2D eigenvalue weighted by Gasteiger charge is 2.28. The molecule has 6 nitrogen and oxygen atoms in total. The van der Waals surface area contributed by atoms with E-state index in [1.165, 1.54) is 20.3 Å². The average Bonchev–Trinajstić information content (AvgIpc) is 2.56. The van der Waals surface area contributed by atoms with Gasteiger partial charge < -0.3 is 19.9 Å². The first-order chi connectivity index (χ1) is 11.0. The number of methoxy groups -OCH3 is 2. The van der Waals surface area contributed by atoms with Gasteiger partial charge in [-0.2, -0.15) is 0 Å². The summed E-state index contributed by atoms with van der Waals surface area (Å²) in [5, 5.41) is 0. The number of hydrogen-bond donors (Lipinski definition) is 1. The van der Waals surface area contributed by atoms with Crippen LogP contribution in [-0.2, 0) is 9.53 Å². The van der Waals surface area contributed by atoms with E-state index < -0.39 is 11.7 Å². The van der Waals surface area contributed by atoms with E-state index in [-0.39, 0.29) is 35.1 Å². The lowest BCUT2D eigenvalue weighted by Gasteiger charge is -2.27. The van der Waals surface area contributed by atoms with Crippen molar-refractivity contribution in [3.05, 3.63) is 23.5 Å². The van der Waals surface area contributed by atoms with Crippen LogP contribution in [0.1, 0.15) is 36.0 Å². The topological polar surface area (TPSA) is 87.9 Å². The zero-order valence-corrected chi connectivity index (χ0v) is 13.1. The summed E-state index contributed by atoms with van der Waals surface area (Å²) in [6, 6.07) is 2.33. The summed E-state index contributed by atoms with van der Waals surface area (Å²) in [6.45, 7) is 0. The molecule has 126 valence electrons. The summed E-state index contributed by atoms with van der Waals surface area (Å²) in [5.74, 6) is -1.68. The molecular weight excluding hydrogens is 305 g/mol. The molecule has 0 atom stereocenters. The van der Waals surface area contributed by atoms with Crippen LogP contribution in [-0.4, -0.2) is 32.2 Å². The molecule has 1 aliphatic rings. The lowest BCUT2D eigenvalue weighted by atomic mass is 9.87. The van der Waals surface area contributed by atoms with E-state index in [0.29, 0.717) is 25.7 Å². The van der Waals surface area contributed by atoms with Gasteiger partial charge in [-0.3, -0.25) is 9.59 Å². The van der Waals surface area contributed by atoms with Gasteiger partial charge in [-0.1, -0.05) is 0 Å². The first-order valence-electron chi connectivity index (χ1n) is 7.38. The zero-order chi connectivity index (χ0) is 17.0. The fourth-order valence-corrected chi connectivity index (χ4v) is 2.75. The Balaban J connectivity index is 2.08. The third-order valence-electron chi connectivity index (χ3n) is 4.02. The van der Waals surface area contributed by atoms with Gasteiger partial charge in [0, 0.05) is 6.07 Å². The molecule has 0 spiro atoms.